The predicted molar refractivity (Wildman–Crippen MR) is 86.1 cm³/mol. The summed E-state index contributed by atoms with van der Waals surface area (Å²) in [5.74, 6) is 0.743. The molecule has 0 spiro atoms. The monoisotopic (exact) mass is 292 g/mol. The van der Waals surface area contributed by atoms with Crippen molar-refractivity contribution in [1.29, 1.82) is 0 Å². The Morgan fingerprint density at radius 1 is 1.40 bits per heavy atom. The highest BCUT2D eigenvalue weighted by molar-refractivity contribution is 7.99. The fourth-order valence-corrected chi connectivity index (χ4v) is 3.05. The van der Waals surface area contributed by atoms with Gasteiger partial charge in [-0.3, -0.25) is 4.79 Å². The molecule has 1 aliphatic rings. The van der Waals surface area contributed by atoms with Gasteiger partial charge in [-0.05, 0) is 37.6 Å². The van der Waals surface area contributed by atoms with E-state index in [0.717, 1.165) is 32.5 Å². The van der Waals surface area contributed by atoms with Gasteiger partial charge in [-0.25, -0.2) is 0 Å². The molecule has 2 rings (SSSR count). The number of amides is 1. The number of rotatable bonds is 6. The van der Waals surface area contributed by atoms with Crippen LogP contribution in [-0.4, -0.2) is 48.5 Å². The van der Waals surface area contributed by atoms with Crippen LogP contribution in [-0.2, 0) is 11.2 Å². The zero-order valence-electron chi connectivity index (χ0n) is 12.2. The van der Waals surface area contributed by atoms with E-state index in [2.05, 4.69) is 40.5 Å². The SMILES string of the molecule is CSCC(=O)NC1CCCN(CCc2ccccc2)C1. The van der Waals surface area contributed by atoms with Gasteiger partial charge in [-0.2, -0.15) is 11.8 Å². The highest BCUT2D eigenvalue weighted by Gasteiger charge is 2.20. The molecule has 1 aromatic carbocycles. The van der Waals surface area contributed by atoms with Gasteiger partial charge in [0, 0.05) is 19.1 Å². The maximum Gasteiger partial charge on any atom is 0.230 e. The number of thioether (sulfide) groups is 1. The summed E-state index contributed by atoms with van der Waals surface area (Å²) in [6, 6.07) is 10.9. The van der Waals surface area contributed by atoms with Crippen LogP contribution in [0.4, 0.5) is 0 Å². The van der Waals surface area contributed by atoms with Crippen LogP contribution < -0.4 is 5.32 Å². The normalized spacial score (nSPS) is 19.8. The lowest BCUT2D eigenvalue weighted by atomic mass is 10.0. The van der Waals surface area contributed by atoms with Gasteiger partial charge in [0.1, 0.15) is 0 Å². The Morgan fingerprint density at radius 3 is 2.95 bits per heavy atom. The minimum atomic E-state index is 0.174. The van der Waals surface area contributed by atoms with Crippen LogP contribution in [0.25, 0.3) is 0 Å². The lowest BCUT2D eigenvalue weighted by Gasteiger charge is -2.33. The molecule has 1 fully saturated rings. The van der Waals surface area contributed by atoms with Crippen molar-refractivity contribution in [1.82, 2.24) is 10.2 Å². The molecule has 0 radical (unpaired) electrons. The largest absolute Gasteiger partial charge is 0.351 e. The zero-order chi connectivity index (χ0) is 14.2. The molecule has 1 aromatic rings. The highest BCUT2D eigenvalue weighted by Crippen LogP contribution is 2.11. The van der Waals surface area contributed by atoms with Crippen molar-refractivity contribution in [3.63, 3.8) is 0 Å². The van der Waals surface area contributed by atoms with Gasteiger partial charge < -0.3 is 10.2 Å². The second kappa shape index (κ2) is 8.32. The minimum Gasteiger partial charge on any atom is -0.351 e. The minimum absolute atomic E-state index is 0.174. The Kier molecular flexibility index (Phi) is 6.40. The molecule has 1 amide bonds. The van der Waals surface area contributed by atoms with Crippen LogP contribution >= 0.6 is 11.8 Å². The third-order valence-electron chi connectivity index (χ3n) is 3.71. The van der Waals surface area contributed by atoms with Crippen molar-refractivity contribution in [2.45, 2.75) is 25.3 Å². The maximum absolute atomic E-state index is 11.6. The van der Waals surface area contributed by atoms with E-state index in [0.29, 0.717) is 11.8 Å². The Hall–Kier alpha value is -1.00. The molecule has 1 aliphatic heterocycles. The van der Waals surface area contributed by atoms with Crippen LogP contribution in [0.5, 0.6) is 0 Å². The summed E-state index contributed by atoms with van der Waals surface area (Å²) in [6.45, 7) is 3.23. The molecule has 1 heterocycles. The maximum atomic E-state index is 11.6. The molecular formula is C16H24N2OS. The van der Waals surface area contributed by atoms with Crippen molar-refractivity contribution in [2.24, 2.45) is 0 Å². The first-order valence-electron chi connectivity index (χ1n) is 7.32. The molecule has 1 saturated heterocycles. The van der Waals surface area contributed by atoms with E-state index in [9.17, 15) is 4.79 Å². The molecule has 0 bridgehead atoms. The molecule has 0 aromatic heterocycles. The number of hydrogen-bond donors (Lipinski definition) is 1. The Morgan fingerprint density at radius 2 is 2.20 bits per heavy atom. The smallest absolute Gasteiger partial charge is 0.230 e. The third-order valence-corrected chi connectivity index (χ3v) is 4.26. The number of likely N-dealkylation sites (tertiary alicyclic amines) is 1. The molecule has 3 nitrogen and oxygen atoms in total. The molecule has 1 N–H and O–H groups in total. The molecule has 0 aliphatic carbocycles. The number of carbonyl (C=O) groups excluding carboxylic acids is 1. The van der Waals surface area contributed by atoms with E-state index in [1.165, 1.54) is 12.0 Å². The summed E-state index contributed by atoms with van der Waals surface area (Å²) in [6.07, 6.45) is 5.35. The topological polar surface area (TPSA) is 32.3 Å². The first-order chi connectivity index (χ1) is 9.78. The summed E-state index contributed by atoms with van der Waals surface area (Å²) in [5, 5.41) is 3.15. The Labute approximate surface area is 126 Å². The van der Waals surface area contributed by atoms with E-state index < -0.39 is 0 Å². The van der Waals surface area contributed by atoms with Crippen LogP contribution in [0, 0.1) is 0 Å². The standard InChI is InChI=1S/C16H24N2OS/c1-20-13-16(19)17-15-8-5-10-18(12-15)11-9-14-6-3-2-4-7-14/h2-4,6-7,15H,5,8-13H2,1H3,(H,17,19). The van der Waals surface area contributed by atoms with Crippen molar-refractivity contribution < 1.29 is 4.79 Å². The van der Waals surface area contributed by atoms with E-state index in [-0.39, 0.29) is 5.91 Å². The van der Waals surface area contributed by atoms with E-state index in [1.54, 1.807) is 11.8 Å². The summed E-state index contributed by atoms with van der Waals surface area (Å²) < 4.78 is 0. The summed E-state index contributed by atoms with van der Waals surface area (Å²) in [7, 11) is 0. The average molecular weight is 292 g/mol. The number of nitrogens with one attached hydrogen (secondary N) is 1. The van der Waals surface area contributed by atoms with Crippen LogP contribution in [0.3, 0.4) is 0 Å². The second-order valence-electron chi connectivity index (χ2n) is 5.38. The zero-order valence-corrected chi connectivity index (χ0v) is 13.0. The quantitative estimate of drug-likeness (QED) is 0.872. The van der Waals surface area contributed by atoms with Gasteiger partial charge in [0.15, 0.2) is 0 Å². The van der Waals surface area contributed by atoms with Crippen LogP contribution in [0.2, 0.25) is 0 Å². The van der Waals surface area contributed by atoms with Crippen molar-refractivity contribution in [3.8, 4) is 0 Å². The lowest BCUT2D eigenvalue weighted by Crippen LogP contribution is -2.48. The molecule has 20 heavy (non-hydrogen) atoms. The van der Waals surface area contributed by atoms with E-state index >= 15 is 0 Å². The highest BCUT2D eigenvalue weighted by atomic mass is 32.2. The lowest BCUT2D eigenvalue weighted by molar-refractivity contribution is -0.119. The fourth-order valence-electron chi connectivity index (χ4n) is 2.71. The van der Waals surface area contributed by atoms with Gasteiger partial charge in [0.05, 0.1) is 5.75 Å². The van der Waals surface area contributed by atoms with Gasteiger partial charge in [0.25, 0.3) is 0 Å². The molecule has 1 atom stereocenters. The predicted octanol–water partition coefficient (Wildman–Crippen LogP) is 2.17. The molecule has 0 saturated carbocycles. The number of hydrogen-bond acceptors (Lipinski definition) is 3. The number of piperidine rings is 1. The second-order valence-corrected chi connectivity index (χ2v) is 6.24. The first-order valence-corrected chi connectivity index (χ1v) is 8.72. The van der Waals surface area contributed by atoms with E-state index in [1.807, 2.05) is 6.26 Å². The van der Waals surface area contributed by atoms with Crippen molar-refractivity contribution >= 4 is 17.7 Å². The summed E-state index contributed by atoms with van der Waals surface area (Å²) in [5.41, 5.74) is 1.39. The number of benzene rings is 1. The Balaban J connectivity index is 1.74. The van der Waals surface area contributed by atoms with Crippen LogP contribution in [0.1, 0.15) is 18.4 Å². The fraction of sp³-hybridized carbons (Fsp3) is 0.562. The average Bonchev–Trinajstić information content (AvgIpc) is 2.47. The van der Waals surface area contributed by atoms with Gasteiger partial charge in [-0.1, -0.05) is 30.3 Å². The molecule has 1 unspecified atom stereocenters. The van der Waals surface area contributed by atoms with Gasteiger partial charge in [-0.15, -0.1) is 0 Å². The van der Waals surface area contributed by atoms with E-state index in [4.69, 9.17) is 0 Å². The van der Waals surface area contributed by atoms with Crippen molar-refractivity contribution in [3.05, 3.63) is 35.9 Å². The van der Waals surface area contributed by atoms with Crippen LogP contribution in [0.15, 0.2) is 30.3 Å². The van der Waals surface area contributed by atoms with Gasteiger partial charge in [0.2, 0.25) is 5.91 Å². The summed E-state index contributed by atoms with van der Waals surface area (Å²) >= 11 is 1.58. The van der Waals surface area contributed by atoms with Gasteiger partial charge >= 0.3 is 0 Å². The third kappa shape index (κ3) is 5.17. The molecule has 4 heteroatoms. The Bertz CT molecular complexity index is 410. The summed E-state index contributed by atoms with van der Waals surface area (Å²) in [4.78, 5) is 14.1. The number of nitrogens with zero attached hydrogens (tertiary/aromatic N) is 1. The first kappa shape index (κ1) is 15.4. The molecular weight excluding hydrogens is 268 g/mol. The number of carbonyl (C=O) groups is 1. The molecule has 110 valence electrons. The van der Waals surface area contributed by atoms with Crippen molar-refractivity contribution in [2.75, 3.05) is 31.6 Å².